The lowest BCUT2D eigenvalue weighted by molar-refractivity contribution is 0.102. The summed E-state index contributed by atoms with van der Waals surface area (Å²) >= 11 is 6.04. The lowest BCUT2D eigenvalue weighted by Gasteiger charge is -2.08. The Balaban J connectivity index is 2.22. The highest BCUT2D eigenvalue weighted by Crippen LogP contribution is 2.20. The standard InChI is InChI=1S/C16H16ClNO/c1-10-6-11(2)8-13(7-10)16(19)18-14-5-4-12(3)15(17)9-14/h4-9H,1-3H3,(H,18,19). The van der Waals surface area contributed by atoms with Crippen LogP contribution >= 0.6 is 11.6 Å². The van der Waals surface area contributed by atoms with Crippen LogP contribution in [0, 0.1) is 20.8 Å². The van der Waals surface area contributed by atoms with Crippen LogP contribution in [-0.2, 0) is 0 Å². The molecule has 1 amide bonds. The van der Waals surface area contributed by atoms with Gasteiger partial charge in [-0.2, -0.15) is 0 Å². The third kappa shape index (κ3) is 3.36. The number of anilines is 1. The number of benzene rings is 2. The zero-order valence-electron chi connectivity index (χ0n) is 11.3. The summed E-state index contributed by atoms with van der Waals surface area (Å²) in [4.78, 5) is 12.2. The van der Waals surface area contributed by atoms with E-state index in [1.807, 2.05) is 51.1 Å². The van der Waals surface area contributed by atoms with Crippen LogP contribution in [-0.4, -0.2) is 5.91 Å². The van der Waals surface area contributed by atoms with E-state index >= 15 is 0 Å². The summed E-state index contributed by atoms with van der Waals surface area (Å²) in [6.45, 7) is 5.89. The van der Waals surface area contributed by atoms with E-state index in [9.17, 15) is 4.79 Å². The zero-order chi connectivity index (χ0) is 14.0. The summed E-state index contributed by atoms with van der Waals surface area (Å²) in [6, 6.07) is 11.3. The number of carbonyl (C=O) groups excluding carboxylic acids is 1. The van der Waals surface area contributed by atoms with E-state index in [0.29, 0.717) is 16.3 Å². The number of hydrogen-bond donors (Lipinski definition) is 1. The summed E-state index contributed by atoms with van der Waals surface area (Å²) in [5.74, 6) is -0.119. The molecule has 2 rings (SSSR count). The summed E-state index contributed by atoms with van der Waals surface area (Å²) < 4.78 is 0. The predicted octanol–water partition coefficient (Wildman–Crippen LogP) is 4.52. The van der Waals surface area contributed by atoms with Crippen LogP contribution in [0.1, 0.15) is 27.0 Å². The molecule has 0 atom stereocenters. The first-order valence-corrected chi connectivity index (χ1v) is 6.49. The number of carbonyl (C=O) groups is 1. The minimum atomic E-state index is -0.119. The van der Waals surface area contributed by atoms with Crippen molar-refractivity contribution in [1.82, 2.24) is 0 Å². The molecule has 0 aliphatic heterocycles. The molecule has 0 saturated carbocycles. The number of rotatable bonds is 2. The fourth-order valence-electron chi connectivity index (χ4n) is 1.98. The Morgan fingerprint density at radius 3 is 2.21 bits per heavy atom. The van der Waals surface area contributed by atoms with Gasteiger partial charge < -0.3 is 5.32 Å². The van der Waals surface area contributed by atoms with Gasteiger partial charge in [-0.05, 0) is 50.6 Å². The summed E-state index contributed by atoms with van der Waals surface area (Å²) in [7, 11) is 0. The molecule has 2 aromatic rings. The van der Waals surface area contributed by atoms with Gasteiger partial charge in [0.2, 0.25) is 0 Å². The average Bonchev–Trinajstić information content (AvgIpc) is 2.32. The van der Waals surface area contributed by atoms with Crippen molar-refractivity contribution in [1.29, 1.82) is 0 Å². The quantitative estimate of drug-likeness (QED) is 0.856. The Morgan fingerprint density at radius 2 is 1.63 bits per heavy atom. The van der Waals surface area contributed by atoms with Crippen molar-refractivity contribution in [3.8, 4) is 0 Å². The maximum absolute atomic E-state index is 12.2. The van der Waals surface area contributed by atoms with Gasteiger partial charge in [0.05, 0.1) is 0 Å². The molecule has 0 unspecified atom stereocenters. The van der Waals surface area contributed by atoms with Crippen LogP contribution in [0.4, 0.5) is 5.69 Å². The lowest BCUT2D eigenvalue weighted by Crippen LogP contribution is -2.12. The second kappa shape index (κ2) is 5.45. The number of aryl methyl sites for hydroxylation is 3. The molecular formula is C16H16ClNO. The van der Waals surface area contributed by atoms with Crippen molar-refractivity contribution in [2.24, 2.45) is 0 Å². The van der Waals surface area contributed by atoms with Crippen molar-refractivity contribution in [3.05, 3.63) is 63.7 Å². The number of nitrogens with one attached hydrogen (secondary N) is 1. The molecule has 98 valence electrons. The second-order valence-electron chi connectivity index (χ2n) is 4.79. The third-order valence-corrected chi connectivity index (χ3v) is 3.32. The molecule has 2 aromatic carbocycles. The van der Waals surface area contributed by atoms with E-state index in [4.69, 9.17) is 11.6 Å². The first-order chi connectivity index (χ1) is 8.95. The molecule has 0 radical (unpaired) electrons. The second-order valence-corrected chi connectivity index (χ2v) is 5.20. The summed E-state index contributed by atoms with van der Waals surface area (Å²) in [6.07, 6.45) is 0. The van der Waals surface area contributed by atoms with E-state index in [-0.39, 0.29) is 5.91 Å². The first-order valence-electron chi connectivity index (χ1n) is 6.11. The van der Waals surface area contributed by atoms with E-state index in [2.05, 4.69) is 5.32 Å². The summed E-state index contributed by atoms with van der Waals surface area (Å²) in [5.41, 5.74) is 4.51. The molecular weight excluding hydrogens is 258 g/mol. The smallest absolute Gasteiger partial charge is 0.255 e. The van der Waals surface area contributed by atoms with Gasteiger partial charge in [0.25, 0.3) is 5.91 Å². The lowest BCUT2D eigenvalue weighted by atomic mass is 10.1. The molecule has 19 heavy (non-hydrogen) atoms. The van der Waals surface area contributed by atoms with Crippen molar-refractivity contribution < 1.29 is 4.79 Å². The Hall–Kier alpha value is -1.80. The molecule has 1 N–H and O–H groups in total. The highest BCUT2D eigenvalue weighted by atomic mass is 35.5. The summed E-state index contributed by atoms with van der Waals surface area (Å²) in [5, 5.41) is 3.51. The molecule has 3 heteroatoms. The minimum Gasteiger partial charge on any atom is -0.322 e. The molecule has 0 aliphatic carbocycles. The van der Waals surface area contributed by atoms with Gasteiger partial charge >= 0.3 is 0 Å². The number of halogens is 1. The van der Waals surface area contributed by atoms with E-state index in [0.717, 1.165) is 16.7 Å². The van der Waals surface area contributed by atoms with Crippen LogP contribution in [0.3, 0.4) is 0 Å². The van der Waals surface area contributed by atoms with Crippen molar-refractivity contribution >= 4 is 23.2 Å². The highest BCUT2D eigenvalue weighted by Gasteiger charge is 2.08. The van der Waals surface area contributed by atoms with E-state index in [1.165, 1.54) is 0 Å². The third-order valence-electron chi connectivity index (χ3n) is 2.91. The van der Waals surface area contributed by atoms with Gasteiger partial charge in [-0.25, -0.2) is 0 Å². The van der Waals surface area contributed by atoms with E-state index < -0.39 is 0 Å². The Bertz CT molecular complexity index is 614. The molecule has 0 bridgehead atoms. The number of amides is 1. The first kappa shape index (κ1) is 13.6. The minimum absolute atomic E-state index is 0.119. The SMILES string of the molecule is Cc1cc(C)cc(C(=O)Nc2ccc(C)c(Cl)c2)c1. The van der Waals surface area contributed by atoms with Crippen molar-refractivity contribution in [2.75, 3.05) is 5.32 Å². The van der Waals surface area contributed by atoms with Gasteiger partial charge in [0, 0.05) is 16.3 Å². The monoisotopic (exact) mass is 273 g/mol. The normalized spacial score (nSPS) is 10.3. The topological polar surface area (TPSA) is 29.1 Å². The van der Waals surface area contributed by atoms with Crippen molar-refractivity contribution in [2.45, 2.75) is 20.8 Å². The van der Waals surface area contributed by atoms with Gasteiger partial charge in [-0.3, -0.25) is 4.79 Å². The maximum Gasteiger partial charge on any atom is 0.255 e. The Kier molecular flexibility index (Phi) is 3.91. The zero-order valence-corrected chi connectivity index (χ0v) is 12.0. The van der Waals surface area contributed by atoms with Crippen LogP contribution in [0.25, 0.3) is 0 Å². The highest BCUT2D eigenvalue weighted by molar-refractivity contribution is 6.31. The van der Waals surface area contributed by atoms with Gasteiger partial charge in [0.15, 0.2) is 0 Å². The van der Waals surface area contributed by atoms with Crippen LogP contribution in [0.5, 0.6) is 0 Å². The maximum atomic E-state index is 12.2. The molecule has 0 aromatic heterocycles. The molecule has 0 aliphatic rings. The fraction of sp³-hybridized carbons (Fsp3) is 0.188. The van der Waals surface area contributed by atoms with Crippen molar-refractivity contribution in [3.63, 3.8) is 0 Å². The largest absolute Gasteiger partial charge is 0.322 e. The van der Waals surface area contributed by atoms with Gasteiger partial charge in [-0.15, -0.1) is 0 Å². The fourth-order valence-corrected chi connectivity index (χ4v) is 2.16. The molecule has 2 nitrogen and oxygen atoms in total. The van der Waals surface area contributed by atoms with Gasteiger partial charge in [-0.1, -0.05) is 34.9 Å². The molecule has 0 spiro atoms. The predicted molar refractivity (Wildman–Crippen MR) is 80.1 cm³/mol. The Morgan fingerprint density at radius 1 is 1.00 bits per heavy atom. The molecule has 0 saturated heterocycles. The van der Waals surface area contributed by atoms with Crippen LogP contribution in [0.2, 0.25) is 5.02 Å². The molecule has 0 fully saturated rings. The van der Waals surface area contributed by atoms with Crippen LogP contribution < -0.4 is 5.32 Å². The van der Waals surface area contributed by atoms with Crippen LogP contribution in [0.15, 0.2) is 36.4 Å². The van der Waals surface area contributed by atoms with E-state index in [1.54, 1.807) is 6.07 Å². The van der Waals surface area contributed by atoms with Gasteiger partial charge in [0.1, 0.15) is 0 Å². The Labute approximate surface area is 118 Å². The molecule has 0 heterocycles. The average molecular weight is 274 g/mol. The number of hydrogen-bond acceptors (Lipinski definition) is 1.